The molecule has 0 aromatic carbocycles. The number of ether oxygens (including phenoxy) is 4. The maximum absolute atomic E-state index is 12.3. The van der Waals surface area contributed by atoms with Crippen LogP contribution >= 0.6 is 0 Å². The van der Waals surface area contributed by atoms with Crippen molar-refractivity contribution >= 4 is 11.9 Å². The molecule has 42 heavy (non-hydrogen) atoms. The average Bonchev–Trinajstić information content (AvgIpc) is 3.03. The van der Waals surface area contributed by atoms with E-state index >= 15 is 0 Å². The molecule has 0 aromatic heterocycles. The maximum Gasteiger partial charge on any atom is 0.305 e. The first kappa shape index (κ1) is 40.7. The molecule has 2 atom stereocenters. The highest BCUT2D eigenvalue weighted by Gasteiger charge is 2.34. The summed E-state index contributed by atoms with van der Waals surface area (Å²) in [6.07, 6.45) is 4.20. The van der Waals surface area contributed by atoms with Gasteiger partial charge in [-0.2, -0.15) is 0 Å². The highest BCUT2D eigenvalue weighted by molar-refractivity contribution is 5.70. The van der Waals surface area contributed by atoms with Crippen molar-refractivity contribution in [2.75, 3.05) is 72.7 Å². The summed E-state index contributed by atoms with van der Waals surface area (Å²) in [6.45, 7) is 9.53. The first-order chi connectivity index (χ1) is 20.0. The maximum atomic E-state index is 12.3. The Kier molecular flexibility index (Phi) is 20.7. The van der Waals surface area contributed by atoms with Gasteiger partial charge in [0.25, 0.3) is 0 Å². The van der Waals surface area contributed by atoms with E-state index in [2.05, 4.69) is 0 Å². The summed E-state index contributed by atoms with van der Waals surface area (Å²) < 4.78 is 22.5. The predicted octanol–water partition coefficient (Wildman–Crippen LogP) is 2.62. The molecule has 0 spiro atoms. The normalized spacial score (nSPS) is 15.2. The molecule has 11 heteroatoms. The van der Waals surface area contributed by atoms with Crippen molar-refractivity contribution in [3.8, 4) is 0 Å². The minimum absolute atomic E-state index is 0.0174. The lowest BCUT2D eigenvalue weighted by molar-refractivity contribution is -0.154. The largest absolute Gasteiger partial charge is 0.465 e. The first-order valence-corrected chi connectivity index (χ1v) is 15.5. The summed E-state index contributed by atoms with van der Waals surface area (Å²) in [7, 11) is 0. The lowest BCUT2D eigenvalue weighted by atomic mass is 9.84. The van der Waals surface area contributed by atoms with E-state index in [4.69, 9.17) is 18.9 Å². The summed E-state index contributed by atoms with van der Waals surface area (Å²) in [6, 6.07) is 0. The van der Waals surface area contributed by atoms with Gasteiger partial charge < -0.3 is 44.5 Å². The Labute approximate surface area is 252 Å². The molecular weight excluding hydrogens is 548 g/mol. The van der Waals surface area contributed by atoms with E-state index in [1.165, 1.54) is 0 Å². The predicted molar refractivity (Wildman–Crippen MR) is 159 cm³/mol. The van der Waals surface area contributed by atoms with Crippen LogP contribution in [0.15, 0.2) is 0 Å². The van der Waals surface area contributed by atoms with E-state index in [0.29, 0.717) is 38.7 Å². The van der Waals surface area contributed by atoms with Gasteiger partial charge in [0.15, 0.2) is 0 Å². The molecule has 0 bridgehead atoms. The molecule has 0 aromatic rings. The monoisotopic (exact) mass is 608 g/mol. The number of carbonyl (C=O) groups excluding carboxylic acids is 2. The van der Waals surface area contributed by atoms with Gasteiger partial charge in [-0.15, -0.1) is 0 Å². The zero-order valence-electron chi connectivity index (χ0n) is 26.8. The molecule has 0 saturated carbocycles. The van der Waals surface area contributed by atoms with E-state index < -0.39 is 28.2 Å². The van der Waals surface area contributed by atoms with Gasteiger partial charge in [0.05, 0.1) is 70.3 Å². The number of carbonyl (C=O) groups is 2. The Morgan fingerprint density at radius 3 is 1.02 bits per heavy atom. The number of aliphatic hydroxyl groups excluding tert-OH is 5. The molecule has 0 saturated heterocycles. The van der Waals surface area contributed by atoms with Crippen LogP contribution in [0.5, 0.6) is 0 Å². The Bertz CT molecular complexity index is 635. The second-order valence-corrected chi connectivity index (χ2v) is 12.1. The fraction of sp³-hybridized carbons (Fsp3) is 0.935. The summed E-state index contributed by atoms with van der Waals surface area (Å²) in [5, 5.41) is 48.9. The SMILES string of the molecule is CCC(CC)(CO)COCC(CC)(CO)COC(=O)CCCCC(=O)OCC(CC)(CO)COCC(CC)(CO)CO. The van der Waals surface area contributed by atoms with Crippen LogP contribution < -0.4 is 0 Å². The summed E-state index contributed by atoms with van der Waals surface area (Å²) in [5.41, 5.74) is -2.59. The number of unbranched alkanes of at least 4 members (excludes halogenated alkanes) is 1. The molecule has 0 aliphatic heterocycles. The minimum atomic E-state index is -0.793. The molecule has 0 radical (unpaired) electrons. The first-order valence-electron chi connectivity index (χ1n) is 15.5. The second kappa shape index (κ2) is 21.4. The summed E-state index contributed by atoms with van der Waals surface area (Å²) in [4.78, 5) is 24.7. The Morgan fingerprint density at radius 2 is 0.738 bits per heavy atom. The van der Waals surface area contributed by atoms with Gasteiger partial charge in [0.1, 0.15) is 13.2 Å². The van der Waals surface area contributed by atoms with Gasteiger partial charge in [-0.1, -0.05) is 34.6 Å². The van der Waals surface area contributed by atoms with E-state index in [-0.39, 0.29) is 84.3 Å². The van der Waals surface area contributed by atoms with Crippen LogP contribution in [0, 0.1) is 21.7 Å². The average molecular weight is 609 g/mol. The van der Waals surface area contributed by atoms with Crippen molar-refractivity contribution in [3.63, 3.8) is 0 Å². The van der Waals surface area contributed by atoms with Crippen LogP contribution in [-0.4, -0.2) is 110 Å². The fourth-order valence-corrected chi connectivity index (χ4v) is 4.21. The van der Waals surface area contributed by atoms with Crippen LogP contribution in [0.2, 0.25) is 0 Å². The molecule has 5 N–H and O–H groups in total. The lowest BCUT2D eigenvalue weighted by Gasteiger charge is -2.34. The number of esters is 2. The van der Waals surface area contributed by atoms with Gasteiger partial charge in [-0.05, 0) is 44.9 Å². The van der Waals surface area contributed by atoms with Crippen molar-refractivity contribution in [2.45, 2.75) is 92.4 Å². The van der Waals surface area contributed by atoms with Crippen LogP contribution in [-0.2, 0) is 28.5 Å². The van der Waals surface area contributed by atoms with Gasteiger partial charge >= 0.3 is 11.9 Å². The molecular formula is C31H60O11. The summed E-state index contributed by atoms with van der Waals surface area (Å²) >= 11 is 0. The Hall–Kier alpha value is -1.34. The zero-order chi connectivity index (χ0) is 32.1. The Balaban J connectivity index is 4.56. The van der Waals surface area contributed by atoms with E-state index in [9.17, 15) is 35.1 Å². The van der Waals surface area contributed by atoms with Gasteiger partial charge in [-0.3, -0.25) is 9.59 Å². The minimum Gasteiger partial charge on any atom is -0.465 e. The van der Waals surface area contributed by atoms with Gasteiger partial charge in [0.2, 0.25) is 0 Å². The molecule has 0 heterocycles. The molecule has 0 fully saturated rings. The molecule has 0 aliphatic rings. The molecule has 2 unspecified atom stereocenters. The zero-order valence-corrected chi connectivity index (χ0v) is 26.8. The molecule has 0 amide bonds. The molecule has 0 aliphatic carbocycles. The van der Waals surface area contributed by atoms with E-state index in [1.807, 2.05) is 34.6 Å². The highest BCUT2D eigenvalue weighted by Crippen LogP contribution is 2.29. The van der Waals surface area contributed by atoms with Crippen molar-refractivity contribution < 1.29 is 54.1 Å². The fourth-order valence-electron chi connectivity index (χ4n) is 4.21. The molecule has 250 valence electrons. The second-order valence-electron chi connectivity index (χ2n) is 12.1. The number of hydrogen-bond acceptors (Lipinski definition) is 11. The summed E-state index contributed by atoms with van der Waals surface area (Å²) in [5.74, 6) is -0.860. The van der Waals surface area contributed by atoms with Crippen LogP contribution in [0.4, 0.5) is 0 Å². The van der Waals surface area contributed by atoms with Crippen molar-refractivity contribution in [1.82, 2.24) is 0 Å². The topological polar surface area (TPSA) is 172 Å². The van der Waals surface area contributed by atoms with E-state index in [1.54, 1.807) is 0 Å². The van der Waals surface area contributed by atoms with Crippen molar-refractivity contribution in [2.24, 2.45) is 21.7 Å². The Morgan fingerprint density at radius 1 is 0.452 bits per heavy atom. The quantitative estimate of drug-likeness (QED) is 0.0685. The third-order valence-electron chi connectivity index (χ3n) is 9.15. The smallest absolute Gasteiger partial charge is 0.305 e. The molecule has 0 rings (SSSR count). The number of rotatable bonds is 27. The van der Waals surface area contributed by atoms with E-state index in [0.717, 1.165) is 12.8 Å². The van der Waals surface area contributed by atoms with Crippen LogP contribution in [0.1, 0.15) is 92.4 Å². The standard InChI is InChI=1S/C31H60O11/c1-6-28(7-2,15-32)20-39-22-30(9-4,18-35)24-41-26(37)13-11-12-14-27(38)42-25-31(10-5,19-36)23-40-21-29(8-3,16-33)17-34/h32-36H,6-25H2,1-5H3. The van der Waals surface area contributed by atoms with Crippen LogP contribution in [0.25, 0.3) is 0 Å². The third kappa shape index (κ3) is 13.5. The van der Waals surface area contributed by atoms with Gasteiger partial charge in [0, 0.05) is 23.7 Å². The van der Waals surface area contributed by atoms with Crippen molar-refractivity contribution in [3.05, 3.63) is 0 Å². The number of aliphatic hydroxyl groups is 5. The number of hydrogen-bond donors (Lipinski definition) is 5. The van der Waals surface area contributed by atoms with Crippen LogP contribution in [0.3, 0.4) is 0 Å². The van der Waals surface area contributed by atoms with Crippen molar-refractivity contribution in [1.29, 1.82) is 0 Å². The highest BCUT2D eigenvalue weighted by atomic mass is 16.5. The molecule has 11 nitrogen and oxygen atoms in total. The van der Waals surface area contributed by atoms with Gasteiger partial charge in [-0.25, -0.2) is 0 Å². The third-order valence-corrected chi connectivity index (χ3v) is 9.15. The lowest BCUT2D eigenvalue weighted by Crippen LogP contribution is -2.40.